The zero-order valence-corrected chi connectivity index (χ0v) is 12.7. The van der Waals surface area contributed by atoms with E-state index in [4.69, 9.17) is 11.6 Å². The Balaban J connectivity index is 1.97. The largest absolute Gasteiger partial charge is 0.356 e. The molecule has 1 aliphatic rings. The van der Waals surface area contributed by atoms with Crippen LogP contribution in [0.2, 0.25) is 0 Å². The molecule has 3 nitrogen and oxygen atoms in total. The molecule has 0 radical (unpaired) electrons. The van der Waals surface area contributed by atoms with Crippen LogP contribution >= 0.6 is 22.9 Å². The van der Waals surface area contributed by atoms with Crippen LogP contribution in [-0.2, 0) is 6.42 Å². The second-order valence-corrected chi connectivity index (χ2v) is 6.51. The van der Waals surface area contributed by atoms with E-state index in [1.54, 1.807) is 17.7 Å². The first kappa shape index (κ1) is 13.1. The monoisotopic (exact) mass is 295 g/mol. The molecular formula is C14H18ClN3S. The molecule has 1 aliphatic heterocycles. The summed E-state index contributed by atoms with van der Waals surface area (Å²) in [6.07, 6.45) is 5.19. The van der Waals surface area contributed by atoms with Gasteiger partial charge in [-0.25, -0.2) is 9.97 Å². The van der Waals surface area contributed by atoms with Gasteiger partial charge in [-0.3, -0.25) is 0 Å². The lowest BCUT2D eigenvalue weighted by Gasteiger charge is -2.32. The number of nitrogens with zero attached hydrogens (tertiary/aromatic N) is 3. The summed E-state index contributed by atoms with van der Waals surface area (Å²) in [5.74, 6) is 2.43. The molecule has 19 heavy (non-hydrogen) atoms. The molecule has 1 atom stereocenters. The van der Waals surface area contributed by atoms with E-state index in [2.05, 4.69) is 27.9 Å². The van der Waals surface area contributed by atoms with Crippen LogP contribution in [-0.4, -0.2) is 28.9 Å². The Morgan fingerprint density at radius 2 is 2.37 bits per heavy atom. The van der Waals surface area contributed by atoms with Gasteiger partial charge in [0.05, 0.1) is 5.39 Å². The molecule has 0 aliphatic carbocycles. The maximum Gasteiger partial charge on any atom is 0.140 e. The van der Waals surface area contributed by atoms with Crippen LogP contribution in [0.5, 0.6) is 0 Å². The van der Waals surface area contributed by atoms with E-state index >= 15 is 0 Å². The lowest BCUT2D eigenvalue weighted by molar-refractivity contribution is 0.449. The number of anilines is 1. The molecule has 0 N–H and O–H groups in total. The zero-order chi connectivity index (χ0) is 13.2. The van der Waals surface area contributed by atoms with Gasteiger partial charge in [-0.05, 0) is 31.2 Å². The molecule has 2 aromatic heterocycles. The van der Waals surface area contributed by atoms with Crippen LogP contribution in [0.3, 0.4) is 0 Å². The van der Waals surface area contributed by atoms with E-state index in [0.717, 1.165) is 36.0 Å². The lowest BCUT2D eigenvalue weighted by Crippen LogP contribution is -2.36. The van der Waals surface area contributed by atoms with Gasteiger partial charge in [0.25, 0.3) is 0 Å². The van der Waals surface area contributed by atoms with Crippen LogP contribution in [0.25, 0.3) is 10.2 Å². The fourth-order valence-electron chi connectivity index (χ4n) is 2.70. The predicted molar refractivity (Wildman–Crippen MR) is 82.5 cm³/mol. The molecule has 0 aromatic carbocycles. The molecule has 2 aromatic rings. The molecule has 0 amide bonds. The molecule has 1 saturated heterocycles. The van der Waals surface area contributed by atoms with Crippen LogP contribution in [0.1, 0.15) is 24.6 Å². The summed E-state index contributed by atoms with van der Waals surface area (Å²) in [5, 5.41) is 1.21. The summed E-state index contributed by atoms with van der Waals surface area (Å²) in [6, 6.07) is 2.25. The number of alkyl halides is 1. The number of hydrogen-bond acceptors (Lipinski definition) is 4. The van der Waals surface area contributed by atoms with Crippen molar-refractivity contribution in [3.63, 3.8) is 0 Å². The molecule has 0 spiro atoms. The molecule has 1 unspecified atom stereocenters. The van der Waals surface area contributed by atoms with E-state index in [0.29, 0.717) is 5.92 Å². The number of fused-ring (bicyclic) bond motifs is 1. The maximum absolute atomic E-state index is 6.02. The number of rotatable bonds is 3. The highest BCUT2D eigenvalue weighted by Crippen LogP contribution is 2.32. The number of piperidine rings is 1. The Morgan fingerprint density at radius 3 is 3.16 bits per heavy atom. The fourth-order valence-corrected chi connectivity index (χ4v) is 3.88. The minimum atomic E-state index is 0.588. The van der Waals surface area contributed by atoms with E-state index in [9.17, 15) is 0 Å². The van der Waals surface area contributed by atoms with Crippen molar-refractivity contribution in [2.75, 3.05) is 23.9 Å². The third-order valence-electron chi connectivity index (χ3n) is 3.74. The topological polar surface area (TPSA) is 29.0 Å². The fraction of sp³-hybridized carbons (Fsp3) is 0.571. The van der Waals surface area contributed by atoms with Crippen molar-refractivity contribution >= 4 is 39.0 Å². The first-order chi connectivity index (χ1) is 9.31. The third-order valence-corrected chi connectivity index (χ3v) is 5.37. The summed E-state index contributed by atoms with van der Waals surface area (Å²) in [5.41, 5.74) is 0. The van der Waals surface area contributed by atoms with Gasteiger partial charge in [-0.15, -0.1) is 22.9 Å². The van der Waals surface area contributed by atoms with Crippen LogP contribution in [0.4, 0.5) is 5.82 Å². The Bertz CT molecular complexity index is 569. The molecule has 3 heterocycles. The maximum atomic E-state index is 6.02. The van der Waals surface area contributed by atoms with Crippen LogP contribution < -0.4 is 4.90 Å². The average molecular weight is 296 g/mol. The van der Waals surface area contributed by atoms with Gasteiger partial charge in [0.1, 0.15) is 17.0 Å². The van der Waals surface area contributed by atoms with Gasteiger partial charge in [-0.1, -0.05) is 6.92 Å². The Morgan fingerprint density at radius 1 is 1.47 bits per heavy atom. The summed E-state index contributed by atoms with van der Waals surface area (Å²) < 4.78 is 0. The average Bonchev–Trinajstić information content (AvgIpc) is 2.90. The van der Waals surface area contributed by atoms with Crippen molar-refractivity contribution in [1.82, 2.24) is 9.97 Å². The van der Waals surface area contributed by atoms with Crippen molar-refractivity contribution in [2.45, 2.75) is 26.2 Å². The van der Waals surface area contributed by atoms with Gasteiger partial charge >= 0.3 is 0 Å². The van der Waals surface area contributed by atoms with E-state index in [1.807, 2.05) is 0 Å². The minimum Gasteiger partial charge on any atom is -0.356 e. The normalized spacial score (nSPS) is 20.1. The standard InChI is InChI=1S/C14H18ClN3S/c1-2-11-6-12-13(16-9-17-14(12)19-11)18-5-3-4-10(7-15)8-18/h6,9-10H,2-5,7-8H2,1H3. The summed E-state index contributed by atoms with van der Waals surface area (Å²) >= 11 is 7.80. The smallest absolute Gasteiger partial charge is 0.140 e. The summed E-state index contributed by atoms with van der Waals surface area (Å²) in [7, 11) is 0. The second-order valence-electron chi connectivity index (χ2n) is 5.09. The highest BCUT2D eigenvalue weighted by molar-refractivity contribution is 7.18. The van der Waals surface area contributed by atoms with E-state index in [-0.39, 0.29) is 0 Å². The first-order valence-corrected chi connectivity index (χ1v) is 8.21. The van der Waals surface area contributed by atoms with Crippen LogP contribution in [0.15, 0.2) is 12.4 Å². The van der Waals surface area contributed by atoms with Crippen LogP contribution in [0, 0.1) is 5.92 Å². The lowest BCUT2D eigenvalue weighted by atomic mass is 10.00. The zero-order valence-electron chi connectivity index (χ0n) is 11.1. The molecular weight excluding hydrogens is 278 g/mol. The van der Waals surface area contributed by atoms with E-state index in [1.165, 1.54) is 23.1 Å². The van der Waals surface area contributed by atoms with Gasteiger partial charge in [0, 0.05) is 23.8 Å². The molecule has 102 valence electrons. The molecule has 1 fully saturated rings. The van der Waals surface area contributed by atoms with E-state index < -0.39 is 0 Å². The molecule has 0 bridgehead atoms. The van der Waals surface area contributed by atoms with Crippen molar-refractivity contribution in [3.8, 4) is 0 Å². The van der Waals surface area contributed by atoms with Crippen molar-refractivity contribution in [1.29, 1.82) is 0 Å². The number of hydrogen-bond donors (Lipinski definition) is 0. The first-order valence-electron chi connectivity index (χ1n) is 6.86. The molecule has 3 rings (SSSR count). The van der Waals surface area contributed by atoms with Crippen molar-refractivity contribution < 1.29 is 0 Å². The van der Waals surface area contributed by atoms with Gasteiger partial charge in [0.2, 0.25) is 0 Å². The summed E-state index contributed by atoms with van der Waals surface area (Å²) in [6.45, 7) is 4.28. The van der Waals surface area contributed by atoms with Gasteiger partial charge in [0.15, 0.2) is 0 Å². The summed E-state index contributed by atoms with van der Waals surface area (Å²) in [4.78, 5) is 13.8. The highest BCUT2D eigenvalue weighted by atomic mass is 35.5. The van der Waals surface area contributed by atoms with Crippen molar-refractivity contribution in [2.24, 2.45) is 5.92 Å². The number of aromatic nitrogens is 2. The molecule has 5 heteroatoms. The Kier molecular flexibility index (Phi) is 3.89. The Hall–Kier alpha value is -0.870. The molecule has 0 saturated carbocycles. The minimum absolute atomic E-state index is 0.588. The highest BCUT2D eigenvalue weighted by Gasteiger charge is 2.22. The quantitative estimate of drug-likeness (QED) is 0.808. The van der Waals surface area contributed by atoms with Gasteiger partial charge in [-0.2, -0.15) is 0 Å². The van der Waals surface area contributed by atoms with Gasteiger partial charge < -0.3 is 4.90 Å². The number of halogens is 1. The number of aryl methyl sites for hydroxylation is 1. The number of thiophene rings is 1. The predicted octanol–water partition coefficient (Wildman–Crippen LogP) is 3.71. The second kappa shape index (κ2) is 5.63. The SMILES string of the molecule is CCc1cc2c(N3CCCC(CCl)C3)ncnc2s1. The Labute approximate surface area is 122 Å². The third kappa shape index (κ3) is 2.56. The van der Waals surface area contributed by atoms with Crippen molar-refractivity contribution in [3.05, 3.63) is 17.3 Å².